The van der Waals surface area contributed by atoms with Crippen molar-refractivity contribution in [2.75, 3.05) is 26.9 Å². The van der Waals surface area contributed by atoms with E-state index in [4.69, 9.17) is 9.47 Å². The second kappa shape index (κ2) is 7.89. The molecule has 1 aromatic carbocycles. The maximum atomic E-state index is 11.8. The summed E-state index contributed by atoms with van der Waals surface area (Å²) in [6.07, 6.45) is 0.886. The van der Waals surface area contributed by atoms with Crippen LogP contribution in [0.2, 0.25) is 0 Å². The van der Waals surface area contributed by atoms with E-state index in [0.29, 0.717) is 37.6 Å². The fourth-order valence-electron chi connectivity index (χ4n) is 2.51. The summed E-state index contributed by atoms with van der Waals surface area (Å²) in [4.78, 5) is 23.3. The summed E-state index contributed by atoms with van der Waals surface area (Å²) in [5, 5.41) is 13.9. The van der Waals surface area contributed by atoms with Crippen molar-refractivity contribution in [2.45, 2.75) is 26.5 Å². The SMILES string of the molecule is CCCNC(=O)C[NH+](C)Cc1cc([N+](=O)[O-])cc2c1OCOC2. The number of carbonyl (C=O) groups excluding carboxylic acids is 1. The monoisotopic (exact) mass is 324 g/mol. The van der Waals surface area contributed by atoms with Crippen LogP contribution in [-0.2, 0) is 22.7 Å². The Hall–Kier alpha value is -2.19. The number of quaternary nitrogens is 1. The first kappa shape index (κ1) is 17.2. The zero-order chi connectivity index (χ0) is 16.8. The van der Waals surface area contributed by atoms with Gasteiger partial charge in [0.15, 0.2) is 13.3 Å². The summed E-state index contributed by atoms with van der Waals surface area (Å²) >= 11 is 0. The molecular formula is C15H22N3O5+. The van der Waals surface area contributed by atoms with Crippen LogP contribution in [0.5, 0.6) is 5.75 Å². The second-order valence-electron chi connectivity index (χ2n) is 5.62. The Balaban J connectivity index is 2.13. The molecule has 1 amide bonds. The molecule has 0 saturated carbocycles. The molecule has 0 fully saturated rings. The number of non-ortho nitro benzene ring substituents is 1. The van der Waals surface area contributed by atoms with Crippen LogP contribution >= 0.6 is 0 Å². The molecular weight excluding hydrogens is 302 g/mol. The number of hydrogen-bond donors (Lipinski definition) is 2. The minimum atomic E-state index is -0.429. The zero-order valence-electron chi connectivity index (χ0n) is 13.4. The lowest BCUT2D eigenvalue weighted by atomic mass is 10.1. The van der Waals surface area contributed by atoms with E-state index in [2.05, 4.69) is 5.32 Å². The van der Waals surface area contributed by atoms with Crippen molar-refractivity contribution in [1.29, 1.82) is 0 Å². The topological polar surface area (TPSA) is 95.1 Å². The summed E-state index contributed by atoms with van der Waals surface area (Å²) in [6.45, 7) is 3.83. The zero-order valence-corrected chi connectivity index (χ0v) is 13.4. The van der Waals surface area contributed by atoms with E-state index in [9.17, 15) is 14.9 Å². The van der Waals surface area contributed by atoms with Gasteiger partial charge in [0.05, 0.1) is 24.1 Å². The second-order valence-corrected chi connectivity index (χ2v) is 5.62. The number of rotatable bonds is 7. The van der Waals surface area contributed by atoms with E-state index in [1.807, 2.05) is 14.0 Å². The Morgan fingerprint density at radius 2 is 2.26 bits per heavy atom. The first-order valence-corrected chi connectivity index (χ1v) is 7.60. The number of amides is 1. The predicted octanol–water partition coefficient (Wildman–Crippen LogP) is 0.00220. The summed E-state index contributed by atoms with van der Waals surface area (Å²) in [7, 11) is 1.87. The third-order valence-electron chi connectivity index (χ3n) is 3.51. The summed E-state index contributed by atoms with van der Waals surface area (Å²) in [5.41, 5.74) is 1.40. The molecule has 0 bridgehead atoms. The minimum absolute atomic E-state index is 0.0103. The number of nitrogens with zero attached hydrogens (tertiary/aromatic N) is 1. The smallest absolute Gasteiger partial charge is 0.275 e. The summed E-state index contributed by atoms with van der Waals surface area (Å²) < 4.78 is 10.7. The first-order chi connectivity index (χ1) is 11.0. The van der Waals surface area contributed by atoms with E-state index in [0.717, 1.165) is 16.9 Å². The number of nitro benzene ring substituents is 1. The van der Waals surface area contributed by atoms with Crippen molar-refractivity contribution < 1.29 is 24.1 Å². The van der Waals surface area contributed by atoms with Crippen LogP contribution in [0.1, 0.15) is 24.5 Å². The van der Waals surface area contributed by atoms with Gasteiger partial charge in [0.2, 0.25) is 0 Å². The molecule has 1 aliphatic heterocycles. The van der Waals surface area contributed by atoms with E-state index in [1.54, 1.807) is 0 Å². The molecule has 2 N–H and O–H groups in total. The number of carbonyl (C=O) groups is 1. The molecule has 1 atom stereocenters. The van der Waals surface area contributed by atoms with Gasteiger partial charge >= 0.3 is 0 Å². The largest absolute Gasteiger partial charge is 0.467 e. The Kier molecular flexibility index (Phi) is 5.89. The van der Waals surface area contributed by atoms with Crippen molar-refractivity contribution in [2.24, 2.45) is 0 Å². The Labute approximate surface area is 134 Å². The molecule has 0 saturated heterocycles. The van der Waals surface area contributed by atoms with Gasteiger partial charge in [0, 0.05) is 24.2 Å². The number of benzene rings is 1. The van der Waals surface area contributed by atoms with Crippen molar-refractivity contribution in [3.8, 4) is 5.75 Å². The van der Waals surface area contributed by atoms with Crippen LogP contribution < -0.4 is 15.0 Å². The third-order valence-corrected chi connectivity index (χ3v) is 3.51. The van der Waals surface area contributed by atoms with E-state index < -0.39 is 4.92 Å². The molecule has 2 rings (SSSR count). The number of likely N-dealkylation sites (N-methyl/N-ethyl adjacent to an activating group) is 1. The van der Waals surface area contributed by atoms with E-state index in [-0.39, 0.29) is 18.4 Å². The highest BCUT2D eigenvalue weighted by Gasteiger charge is 2.23. The summed E-state index contributed by atoms with van der Waals surface area (Å²) in [5.74, 6) is 0.600. The molecule has 0 aliphatic carbocycles. The van der Waals surface area contributed by atoms with Crippen molar-refractivity contribution in [3.05, 3.63) is 33.4 Å². The molecule has 0 aromatic heterocycles. The van der Waals surface area contributed by atoms with Crippen LogP contribution in [-0.4, -0.2) is 37.8 Å². The molecule has 1 heterocycles. The van der Waals surface area contributed by atoms with Crippen LogP contribution in [0.4, 0.5) is 5.69 Å². The maximum absolute atomic E-state index is 11.8. The standard InChI is InChI=1S/C15H21N3O5/c1-3-4-16-14(19)8-17(2)7-11-5-13(18(20)21)6-12-9-22-10-23-15(11)12/h5-6H,3-4,7-10H2,1-2H3,(H,16,19)/p+1. The van der Waals surface area contributed by atoms with Gasteiger partial charge in [-0.2, -0.15) is 0 Å². The normalized spacial score (nSPS) is 14.5. The van der Waals surface area contributed by atoms with Crippen LogP contribution in [0.15, 0.2) is 12.1 Å². The van der Waals surface area contributed by atoms with Crippen molar-refractivity contribution >= 4 is 11.6 Å². The van der Waals surface area contributed by atoms with Gasteiger partial charge in [0.1, 0.15) is 12.3 Å². The molecule has 1 unspecified atom stereocenters. The van der Waals surface area contributed by atoms with Crippen LogP contribution in [0.25, 0.3) is 0 Å². The Morgan fingerprint density at radius 3 is 2.96 bits per heavy atom. The molecule has 23 heavy (non-hydrogen) atoms. The third kappa shape index (κ3) is 4.64. The first-order valence-electron chi connectivity index (χ1n) is 7.60. The average molecular weight is 324 g/mol. The number of nitro groups is 1. The average Bonchev–Trinajstić information content (AvgIpc) is 2.52. The summed E-state index contributed by atoms with van der Waals surface area (Å²) in [6, 6.07) is 2.99. The molecule has 0 spiro atoms. The number of ether oxygens (including phenoxy) is 2. The van der Waals surface area contributed by atoms with Gasteiger partial charge in [-0.25, -0.2) is 0 Å². The van der Waals surface area contributed by atoms with Crippen LogP contribution in [0, 0.1) is 10.1 Å². The van der Waals surface area contributed by atoms with Crippen LogP contribution in [0.3, 0.4) is 0 Å². The minimum Gasteiger partial charge on any atom is -0.467 e. The molecule has 0 radical (unpaired) electrons. The molecule has 1 aliphatic rings. The highest BCUT2D eigenvalue weighted by atomic mass is 16.7. The molecule has 8 heteroatoms. The lowest BCUT2D eigenvalue weighted by molar-refractivity contribution is -0.885. The fraction of sp³-hybridized carbons (Fsp3) is 0.533. The number of nitrogens with one attached hydrogen (secondary N) is 2. The van der Waals surface area contributed by atoms with Gasteiger partial charge in [-0.3, -0.25) is 14.9 Å². The van der Waals surface area contributed by atoms with Gasteiger partial charge in [-0.15, -0.1) is 0 Å². The Morgan fingerprint density at radius 1 is 1.48 bits per heavy atom. The highest BCUT2D eigenvalue weighted by Crippen LogP contribution is 2.32. The van der Waals surface area contributed by atoms with Gasteiger partial charge in [0.25, 0.3) is 11.6 Å². The maximum Gasteiger partial charge on any atom is 0.275 e. The molecule has 8 nitrogen and oxygen atoms in total. The van der Waals surface area contributed by atoms with Crippen molar-refractivity contribution in [1.82, 2.24) is 5.32 Å². The highest BCUT2D eigenvalue weighted by molar-refractivity contribution is 5.76. The fourth-order valence-corrected chi connectivity index (χ4v) is 2.51. The van der Waals surface area contributed by atoms with E-state index in [1.165, 1.54) is 12.1 Å². The predicted molar refractivity (Wildman–Crippen MR) is 82.1 cm³/mol. The van der Waals surface area contributed by atoms with E-state index >= 15 is 0 Å². The number of fused-ring (bicyclic) bond motifs is 1. The van der Waals surface area contributed by atoms with Gasteiger partial charge in [-0.1, -0.05) is 6.92 Å². The lowest BCUT2D eigenvalue weighted by Crippen LogP contribution is -3.08. The molecule has 1 aromatic rings. The van der Waals surface area contributed by atoms with Gasteiger partial charge < -0.3 is 19.7 Å². The molecule has 126 valence electrons. The van der Waals surface area contributed by atoms with Gasteiger partial charge in [-0.05, 0) is 6.42 Å². The number of hydrogen-bond acceptors (Lipinski definition) is 5. The van der Waals surface area contributed by atoms with Crippen molar-refractivity contribution in [3.63, 3.8) is 0 Å². The Bertz CT molecular complexity index is 591. The lowest BCUT2D eigenvalue weighted by Gasteiger charge is -2.22. The quantitative estimate of drug-likeness (QED) is 0.544.